The Bertz CT molecular complexity index is 483. The Morgan fingerprint density at radius 3 is 2.36 bits per heavy atom. The summed E-state index contributed by atoms with van der Waals surface area (Å²) in [7, 11) is 0. The largest absolute Gasteiger partial charge is 0.445 e. The molecule has 0 saturated carbocycles. The first-order valence-corrected chi connectivity index (χ1v) is 7.20. The average Bonchev–Trinajstić information content (AvgIpc) is 2.42. The van der Waals surface area contributed by atoms with Crippen molar-refractivity contribution in [2.75, 3.05) is 6.54 Å². The van der Waals surface area contributed by atoms with Crippen LogP contribution in [-0.4, -0.2) is 30.4 Å². The summed E-state index contributed by atoms with van der Waals surface area (Å²) in [6.45, 7) is 7.60. The molecule has 0 radical (unpaired) electrons. The topological polar surface area (TPSA) is 76.7 Å². The molecule has 0 fully saturated rings. The van der Waals surface area contributed by atoms with Gasteiger partial charge in [-0.2, -0.15) is 0 Å². The Morgan fingerprint density at radius 2 is 1.77 bits per heavy atom. The fraction of sp³-hybridized carbons (Fsp3) is 0.500. The van der Waals surface area contributed by atoms with Crippen LogP contribution in [0, 0.1) is 0 Å². The van der Waals surface area contributed by atoms with Gasteiger partial charge in [-0.25, -0.2) is 9.59 Å². The highest BCUT2D eigenvalue weighted by Gasteiger charge is 2.17. The smallest absolute Gasteiger partial charge is 0.407 e. The Balaban J connectivity index is 2.21. The van der Waals surface area contributed by atoms with Gasteiger partial charge in [0.15, 0.2) is 0 Å². The molecule has 1 aromatic rings. The van der Waals surface area contributed by atoms with Crippen LogP contribution < -0.4 is 10.6 Å². The molecule has 0 heterocycles. The van der Waals surface area contributed by atoms with E-state index >= 15 is 0 Å². The van der Waals surface area contributed by atoms with Gasteiger partial charge in [0.1, 0.15) is 12.2 Å². The van der Waals surface area contributed by atoms with Crippen LogP contribution in [0.4, 0.5) is 9.59 Å². The van der Waals surface area contributed by atoms with Crippen LogP contribution >= 0.6 is 0 Å². The third-order valence-corrected chi connectivity index (χ3v) is 2.53. The number of amides is 2. The third-order valence-electron chi connectivity index (χ3n) is 2.53. The molecule has 6 nitrogen and oxygen atoms in total. The van der Waals surface area contributed by atoms with Crippen molar-refractivity contribution in [2.24, 2.45) is 0 Å². The lowest BCUT2D eigenvalue weighted by Crippen LogP contribution is -2.43. The molecule has 6 heteroatoms. The quantitative estimate of drug-likeness (QED) is 0.877. The number of ether oxygens (including phenoxy) is 2. The summed E-state index contributed by atoms with van der Waals surface area (Å²) >= 11 is 0. The number of carbonyl (C=O) groups is 2. The minimum absolute atomic E-state index is 0.209. The summed E-state index contributed by atoms with van der Waals surface area (Å²) in [5.74, 6) is 0. The molecule has 1 atom stereocenters. The third kappa shape index (κ3) is 8.14. The first kappa shape index (κ1) is 17.8. The second-order valence-corrected chi connectivity index (χ2v) is 5.99. The van der Waals surface area contributed by atoms with Crippen molar-refractivity contribution in [3.63, 3.8) is 0 Å². The number of nitrogens with one attached hydrogen (secondary N) is 2. The van der Waals surface area contributed by atoms with E-state index in [0.717, 1.165) is 5.56 Å². The SMILES string of the molecule is C[C@H](CNC(=O)OCc1ccccc1)NC(=O)OC(C)(C)C. The van der Waals surface area contributed by atoms with Crippen LogP contribution in [0.5, 0.6) is 0 Å². The average molecular weight is 308 g/mol. The zero-order valence-electron chi connectivity index (χ0n) is 13.5. The van der Waals surface area contributed by atoms with Crippen LogP contribution in [0.3, 0.4) is 0 Å². The molecule has 1 aromatic carbocycles. The summed E-state index contributed by atoms with van der Waals surface area (Å²) in [6, 6.07) is 9.14. The van der Waals surface area contributed by atoms with Crippen molar-refractivity contribution >= 4 is 12.2 Å². The molecule has 0 aliphatic carbocycles. The zero-order chi connectivity index (χ0) is 16.6. The van der Waals surface area contributed by atoms with E-state index in [1.165, 1.54) is 0 Å². The summed E-state index contributed by atoms with van der Waals surface area (Å²) in [5, 5.41) is 5.22. The maximum absolute atomic E-state index is 11.6. The van der Waals surface area contributed by atoms with Gasteiger partial charge in [0, 0.05) is 12.6 Å². The molecule has 0 aliphatic heterocycles. The number of alkyl carbamates (subject to hydrolysis) is 2. The monoisotopic (exact) mass is 308 g/mol. The molecule has 1 rings (SSSR count). The second kappa shape index (κ2) is 8.26. The molecule has 2 N–H and O–H groups in total. The van der Waals surface area contributed by atoms with Crippen molar-refractivity contribution in [1.29, 1.82) is 0 Å². The van der Waals surface area contributed by atoms with Crippen molar-refractivity contribution in [1.82, 2.24) is 10.6 Å². The highest BCUT2D eigenvalue weighted by molar-refractivity contribution is 5.69. The number of benzene rings is 1. The van der Waals surface area contributed by atoms with Crippen LogP contribution in [-0.2, 0) is 16.1 Å². The molecule has 22 heavy (non-hydrogen) atoms. The van der Waals surface area contributed by atoms with Gasteiger partial charge in [-0.1, -0.05) is 30.3 Å². The molecule has 2 amide bonds. The molecule has 122 valence electrons. The van der Waals surface area contributed by atoms with Gasteiger partial charge in [0.25, 0.3) is 0 Å². The molecular formula is C16H24N2O4. The standard InChI is InChI=1S/C16H24N2O4/c1-12(18-15(20)22-16(2,3)4)10-17-14(19)21-11-13-8-6-5-7-9-13/h5-9,12H,10-11H2,1-4H3,(H,17,19)(H,18,20)/t12-/m1/s1. The van der Waals surface area contributed by atoms with Crippen LogP contribution in [0.15, 0.2) is 30.3 Å². The van der Waals surface area contributed by atoms with Gasteiger partial charge in [0.05, 0.1) is 0 Å². The van der Waals surface area contributed by atoms with E-state index in [2.05, 4.69) is 10.6 Å². The fourth-order valence-electron chi connectivity index (χ4n) is 1.57. The molecular weight excluding hydrogens is 284 g/mol. The molecule has 0 saturated heterocycles. The molecule has 0 spiro atoms. The molecule has 0 aromatic heterocycles. The summed E-state index contributed by atoms with van der Waals surface area (Å²) in [6.07, 6.45) is -1.04. The van der Waals surface area contributed by atoms with Gasteiger partial charge in [0.2, 0.25) is 0 Å². The number of carbonyl (C=O) groups excluding carboxylic acids is 2. The van der Waals surface area contributed by atoms with Crippen LogP contribution in [0.2, 0.25) is 0 Å². The van der Waals surface area contributed by atoms with Crippen molar-refractivity contribution < 1.29 is 19.1 Å². The van der Waals surface area contributed by atoms with Crippen molar-refractivity contribution in [3.8, 4) is 0 Å². The zero-order valence-corrected chi connectivity index (χ0v) is 13.5. The minimum atomic E-state index is -0.550. The van der Waals surface area contributed by atoms with Gasteiger partial charge >= 0.3 is 12.2 Å². The number of rotatable bonds is 5. The van der Waals surface area contributed by atoms with E-state index in [1.54, 1.807) is 27.7 Å². The van der Waals surface area contributed by atoms with Gasteiger partial charge in [-0.15, -0.1) is 0 Å². The second-order valence-electron chi connectivity index (χ2n) is 5.99. The summed E-state index contributed by atoms with van der Waals surface area (Å²) in [4.78, 5) is 23.1. The molecule has 0 bridgehead atoms. The lowest BCUT2D eigenvalue weighted by Gasteiger charge is -2.22. The van der Waals surface area contributed by atoms with E-state index in [0.29, 0.717) is 0 Å². The van der Waals surface area contributed by atoms with Crippen molar-refractivity contribution in [3.05, 3.63) is 35.9 Å². The Hall–Kier alpha value is -2.24. The van der Waals surface area contributed by atoms with Crippen molar-refractivity contribution in [2.45, 2.75) is 45.9 Å². The maximum Gasteiger partial charge on any atom is 0.407 e. The Kier molecular flexibility index (Phi) is 6.69. The number of hydrogen-bond acceptors (Lipinski definition) is 4. The Morgan fingerprint density at radius 1 is 1.14 bits per heavy atom. The molecule has 0 unspecified atom stereocenters. The van der Waals surface area contributed by atoms with E-state index in [9.17, 15) is 9.59 Å². The maximum atomic E-state index is 11.6. The number of hydrogen-bond donors (Lipinski definition) is 2. The summed E-state index contributed by atoms with van der Waals surface area (Å²) in [5.41, 5.74) is 0.365. The lowest BCUT2D eigenvalue weighted by molar-refractivity contribution is 0.0506. The van der Waals surface area contributed by atoms with Crippen LogP contribution in [0.25, 0.3) is 0 Å². The van der Waals surface area contributed by atoms with Gasteiger partial charge in [-0.3, -0.25) is 0 Å². The Labute approximate surface area is 131 Å². The highest BCUT2D eigenvalue weighted by Crippen LogP contribution is 2.06. The lowest BCUT2D eigenvalue weighted by atomic mass is 10.2. The fourth-order valence-corrected chi connectivity index (χ4v) is 1.57. The van der Waals surface area contributed by atoms with E-state index < -0.39 is 17.8 Å². The summed E-state index contributed by atoms with van der Waals surface area (Å²) < 4.78 is 10.2. The normalized spacial score (nSPS) is 12.2. The van der Waals surface area contributed by atoms with Crippen LogP contribution in [0.1, 0.15) is 33.3 Å². The predicted octanol–water partition coefficient (Wildman–Crippen LogP) is 2.83. The van der Waals surface area contributed by atoms with Gasteiger partial charge in [-0.05, 0) is 33.3 Å². The first-order chi connectivity index (χ1) is 10.3. The highest BCUT2D eigenvalue weighted by atomic mass is 16.6. The van der Waals surface area contributed by atoms with E-state index in [-0.39, 0.29) is 19.2 Å². The van der Waals surface area contributed by atoms with E-state index in [4.69, 9.17) is 9.47 Å². The van der Waals surface area contributed by atoms with Gasteiger partial charge < -0.3 is 20.1 Å². The minimum Gasteiger partial charge on any atom is -0.445 e. The van der Waals surface area contributed by atoms with E-state index in [1.807, 2.05) is 30.3 Å². The predicted molar refractivity (Wildman–Crippen MR) is 83.5 cm³/mol. The molecule has 0 aliphatic rings. The first-order valence-electron chi connectivity index (χ1n) is 7.20.